The van der Waals surface area contributed by atoms with Crippen molar-refractivity contribution in [3.8, 4) is 0 Å². The van der Waals surface area contributed by atoms with Crippen LogP contribution < -0.4 is 5.32 Å². The second-order valence-electron chi connectivity index (χ2n) is 7.32. The lowest BCUT2D eigenvalue weighted by Gasteiger charge is -2.54. The number of aromatic nitrogens is 2. The minimum absolute atomic E-state index is 0.722. The van der Waals surface area contributed by atoms with E-state index in [9.17, 15) is 0 Å². The van der Waals surface area contributed by atoms with Gasteiger partial charge in [-0.2, -0.15) is 0 Å². The molecule has 3 nitrogen and oxygen atoms in total. The Kier molecular flexibility index (Phi) is 3.06. The van der Waals surface area contributed by atoms with Crippen LogP contribution in [-0.4, -0.2) is 17.0 Å². The first kappa shape index (κ1) is 12.8. The van der Waals surface area contributed by atoms with Gasteiger partial charge in [-0.05, 0) is 75.8 Å². The van der Waals surface area contributed by atoms with Crippen molar-refractivity contribution in [2.24, 2.45) is 23.7 Å². The summed E-state index contributed by atoms with van der Waals surface area (Å²) < 4.78 is 0. The zero-order valence-corrected chi connectivity index (χ0v) is 12.6. The average Bonchev–Trinajstić information content (AvgIpc) is 2.37. The molecule has 108 valence electrons. The van der Waals surface area contributed by atoms with E-state index in [1.165, 1.54) is 37.8 Å². The first-order chi connectivity index (χ1) is 9.72. The summed E-state index contributed by atoms with van der Waals surface area (Å²) in [5.74, 6) is 5.55. The minimum atomic E-state index is 0.722. The molecule has 0 atom stereocenters. The molecule has 4 fully saturated rings. The van der Waals surface area contributed by atoms with Gasteiger partial charge >= 0.3 is 0 Å². The average molecular weight is 271 g/mol. The van der Waals surface area contributed by atoms with Crippen LogP contribution in [0.4, 0.5) is 0 Å². The summed E-state index contributed by atoms with van der Waals surface area (Å²) in [7, 11) is 1.99. The Bertz CT molecular complexity index is 483. The maximum Gasteiger partial charge on any atom is 0.125 e. The summed E-state index contributed by atoms with van der Waals surface area (Å²) in [4.78, 5) is 9.39. The first-order valence-corrected chi connectivity index (χ1v) is 8.22. The molecule has 0 aliphatic heterocycles. The van der Waals surface area contributed by atoms with E-state index < -0.39 is 0 Å². The van der Waals surface area contributed by atoms with Crippen LogP contribution in [-0.2, 0) is 6.54 Å². The molecule has 1 N–H and O–H groups in total. The number of rotatable bonds is 3. The molecule has 1 heterocycles. The summed E-state index contributed by atoms with van der Waals surface area (Å²) in [5.41, 5.74) is 2.50. The molecule has 4 saturated carbocycles. The molecule has 0 radical (unpaired) electrons. The zero-order chi connectivity index (χ0) is 13.7. The van der Waals surface area contributed by atoms with Gasteiger partial charge < -0.3 is 5.32 Å². The van der Waals surface area contributed by atoms with Gasteiger partial charge in [0.05, 0.1) is 5.69 Å². The van der Waals surface area contributed by atoms with E-state index in [0.717, 1.165) is 47.7 Å². The van der Waals surface area contributed by atoms with Crippen LogP contribution in [0.15, 0.2) is 6.07 Å². The molecule has 3 heteroatoms. The van der Waals surface area contributed by atoms with Gasteiger partial charge in [-0.15, -0.1) is 0 Å². The number of aryl methyl sites for hydroxylation is 1. The summed E-state index contributed by atoms with van der Waals surface area (Å²) in [6, 6.07) is 2.27. The Balaban J connectivity index is 1.67. The third-order valence-electron chi connectivity index (χ3n) is 5.84. The van der Waals surface area contributed by atoms with Gasteiger partial charge in [-0.25, -0.2) is 9.97 Å². The fraction of sp³-hybridized carbons (Fsp3) is 0.765. The van der Waals surface area contributed by atoms with Gasteiger partial charge in [0, 0.05) is 18.2 Å². The molecule has 0 aromatic carbocycles. The van der Waals surface area contributed by atoms with E-state index >= 15 is 0 Å². The summed E-state index contributed by atoms with van der Waals surface area (Å²) in [6.45, 7) is 2.89. The van der Waals surface area contributed by atoms with E-state index in [-0.39, 0.29) is 0 Å². The van der Waals surface area contributed by atoms with Gasteiger partial charge in [-0.3, -0.25) is 0 Å². The van der Waals surface area contributed by atoms with Crippen LogP contribution >= 0.6 is 0 Å². The van der Waals surface area contributed by atoms with Gasteiger partial charge in [0.15, 0.2) is 0 Å². The van der Waals surface area contributed by atoms with Crippen molar-refractivity contribution < 1.29 is 0 Å². The van der Waals surface area contributed by atoms with Crippen molar-refractivity contribution in [1.29, 1.82) is 0 Å². The lowest BCUT2D eigenvalue weighted by atomic mass is 9.51. The molecular weight excluding hydrogens is 246 g/mol. The van der Waals surface area contributed by atoms with Crippen LogP contribution in [0.1, 0.15) is 55.2 Å². The lowest BCUT2D eigenvalue weighted by molar-refractivity contribution is -0.00426. The number of nitrogens with one attached hydrogen (secondary N) is 1. The van der Waals surface area contributed by atoms with Crippen molar-refractivity contribution >= 4 is 0 Å². The van der Waals surface area contributed by atoms with Crippen molar-refractivity contribution in [1.82, 2.24) is 15.3 Å². The molecule has 0 saturated heterocycles. The van der Waals surface area contributed by atoms with Crippen molar-refractivity contribution in [2.45, 2.75) is 51.5 Å². The van der Waals surface area contributed by atoms with Crippen LogP contribution in [0.2, 0.25) is 0 Å². The Morgan fingerprint density at radius 3 is 2.30 bits per heavy atom. The molecule has 0 amide bonds. The van der Waals surface area contributed by atoms with E-state index in [2.05, 4.69) is 16.4 Å². The smallest absolute Gasteiger partial charge is 0.125 e. The quantitative estimate of drug-likeness (QED) is 0.918. The predicted molar refractivity (Wildman–Crippen MR) is 79.3 cm³/mol. The standard InChI is InChI=1S/C17H25N3/c1-10-19-15(9-18-2)8-16(20-10)17-13-4-11-3-12(6-13)7-14(17)5-11/h8,11-14,17-18H,3-7,9H2,1-2H3. The topological polar surface area (TPSA) is 37.8 Å². The Morgan fingerprint density at radius 2 is 1.70 bits per heavy atom. The minimum Gasteiger partial charge on any atom is -0.314 e. The molecule has 20 heavy (non-hydrogen) atoms. The van der Waals surface area contributed by atoms with Crippen molar-refractivity contribution in [3.63, 3.8) is 0 Å². The van der Waals surface area contributed by atoms with E-state index in [4.69, 9.17) is 4.98 Å². The molecule has 4 aliphatic rings. The van der Waals surface area contributed by atoms with Crippen LogP contribution in [0.3, 0.4) is 0 Å². The lowest BCUT2D eigenvalue weighted by Crippen LogP contribution is -2.44. The highest BCUT2D eigenvalue weighted by Gasteiger charge is 2.49. The maximum atomic E-state index is 4.82. The van der Waals surface area contributed by atoms with E-state index in [1.807, 2.05) is 14.0 Å². The molecule has 0 unspecified atom stereocenters. The molecule has 4 bridgehead atoms. The number of hydrogen-bond donors (Lipinski definition) is 1. The van der Waals surface area contributed by atoms with Crippen LogP contribution in [0, 0.1) is 30.6 Å². The summed E-state index contributed by atoms with van der Waals surface area (Å²) in [6.07, 6.45) is 7.36. The summed E-state index contributed by atoms with van der Waals surface area (Å²) >= 11 is 0. The van der Waals surface area contributed by atoms with E-state index in [0.29, 0.717) is 0 Å². The first-order valence-electron chi connectivity index (χ1n) is 8.22. The molecule has 1 aromatic heterocycles. The van der Waals surface area contributed by atoms with Gasteiger partial charge in [0.1, 0.15) is 5.82 Å². The molecular formula is C17H25N3. The van der Waals surface area contributed by atoms with Crippen LogP contribution in [0.25, 0.3) is 0 Å². The van der Waals surface area contributed by atoms with Crippen molar-refractivity contribution in [3.05, 3.63) is 23.3 Å². The molecule has 4 aliphatic carbocycles. The molecule has 1 aromatic rings. The monoisotopic (exact) mass is 271 g/mol. The number of nitrogens with zero attached hydrogens (tertiary/aromatic N) is 2. The Hall–Kier alpha value is -0.960. The molecule has 0 spiro atoms. The highest BCUT2D eigenvalue weighted by Crippen LogP contribution is 2.59. The van der Waals surface area contributed by atoms with Crippen LogP contribution in [0.5, 0.6) is 0 Å². The largest absolute Gasteiger partial charge is 0.314 e. The van der Waals surface area contributed by atoms with Gasteiger partial charge in [0.2, 0.25) is 0 Å². The van der Waals surface area contributed by atoms with Gasteiger partial charge in [0.25, 0.3) is 0 Å². The Morgan fingerprint density at radius 1 is 1.05 bits per heavy atom. The van der Waals surface area contributed by atoms with Gasteiger partial charge in [-0.1, -0.05) is 0 Å². The maximum absolute atomic E-state index is 4.82. The Labute approximate surface area is 121 Å². The third kappa shape index (κ3) is 2.07. The fourth-order valence-electron chi connectivity index (χ4n) is 5.51. The summed E-state index contributed by atoms with van der Waals surface area (Å²) in [5, 5.41) is 3.22. The normalized spacial score (nSPS) is 38.4. The second kappa shape index (κ2) is 4.80. The highest BCUT2D eigenvalue weighted by atomic mass is 14.9. The predicted octanol–water partition coefficient (Wildman–Crippen LogP) is 3.04. The SMILES string of the molecule is CNCc1cc(C2C3CC4CC(C3)CC2C4)nc(C)n1. The number of hydrogen-bond acceptors (Lipinski definition) is 3. The van der Waals surface area contributed by atoms with Crippen molar-refractivity contribution in [2.75, 3.05) is 7.05 Å². The second-order valence-corrected chi connectivity index (χ2v) is 7.32. The highest BCUT2D eigenvalue weighted by molar-refractivity contribution is 5.20. The zero-order valence-electron chi connectivity index (χ0n) is 12.6. The molecule has 5 rings (SSSR count). The third-order valence-corrected chi connectivity index (χ3v) is 5.84. The van der Waals surface area contributed by atoms with E-state index in [1.54, 1.807) is 0 Å². The fourth-order valence-corrected chi connectivity index (χ4v) is 5.51.